The van der Waals surface area contributed by atoms with Crippen molar-refractivity contribution < 1.29 is 18.0 Å². The first kappa shape index (κ1) is 27.7. The van der Waals surface area contributed by atoms with Gasteiger partial charge in [0, 0.05) is 18.1 Å². The molecule has 0 unspecified atom stereocenters. The molecular formula is C25H34ClN3O4S. The average Bonchev–Trinajstić information content (AvgIpc) is 2.78. The van der Waals surface area contributed by atoms with Crippen molar-refractivity contribution in [3.8, 4) is 0 Å². The van der Waals surface area contributed by atoms with E-state index < -0.39 is 28.5 Å². The minimum absolute atomic E-state index is 0.114. The summed E-state index contributed by atoms with van der Waals surface area (Å²) in [5.74, 6) is -0.535. The van der Waals surface area contributed by atoms with Crippen molar-refractivity contribution in [2.75, 3.05) is 23.7 Å². The van der Waals surface area contributed by atoms with Crippen LogP contribution < -0.4 is 9.62 Å². The van der Waals surface area contributed by atoms with Gasteiger partial charge in [0.1, 0.15) is 12.6 Å². The Hall–Kier alpha value is -2.58. The van der Waals surface area contributed by atoms with E-state index in [2.05, 4.69) is 5.32 Å². The van der Waals surface area contributed by atoms with Crippen LogP contribution >= 0.6 is 11.6 Å². The number of benzene rings is 2. The predicted molar refractivity (Wildman–Crippen MR) is 137 cm³/mol. The molecule has 1 N–H and O–H groups in total. The molecule has 2 aromatic carbocycles. The van der Waals surface area contributed by atoms with Crippen LogP contribution in [0.25, 0.3) is 0 Å². The minimum Gasteiger partial charge on any atom is -0.354 e. The molecule has 0 aliphatic carbocycles. The van der Waals surface area contributed by atoms with Gasteiger partial charge in [-0.3, -0.25) is 13.9 Å². The highest BCUT2D eigenvalue weighted by Crippen LogP contribution is 2.24. The molecule has 0 bridgehead atoms. The van der Waals surface area contributed by atoms with Crippen LogP contribution in [-0.4, -0.2) is 50.5 Å². The normalized spacial score (nSPS) is 12.3. The first-order chi connectivity index (χ1) is 15.9. The molecule has 186 valence electrons. The van der Waals surface area contributed by atoms with Crippen LogP contribution in [0.4, 0.5) is 5.69 Å². The molecule has 0 radical (unpaired) electrons. The fourth-order valence-electron chi connectivity index (χ4n) is 3.51. The third-order valence-corrected chi connectivity index (χ3v) is 6.78. The predicted octanol–water partition coefficient (Wildman–Crippen LogP) is 3.86. The summed E-state index contributed by atoms with van der Waals surface area (Å²) in [4.78, 5) is 27.8. The summed E-state index contributed by atoms with van der Waals surface area (Å²) in [6.45, 7) is 7.70. The Morgan fingerprint density at radius 3 is 2.32 bits per heavy atom. The van der Waals surface area contributed by atoms with Crippen molar-refractivity contribution in [2.24, 2.45) is 5.92 Å². The summed E-state index contributed by atoms with van der Waals surface area (Å²) in [6, 6.07) is 13.3. The van der Waals surface area contributed by atoms with E-state index in [0.717, 1.165) is 21.7 Å². The summed E-state index contributed by atoms with van der Waals surface area (Å²) in [5.41, 5.74) is 2.01. The Balaban J connectivity index is 2.40. The zero-order valence-corrected chi connectivity index (χ0v) is 22.0. The third kappa shape index (κ3) is 7.74. The van der Waals surface area contributed by atoms with E-state index in [0.29, 0.717) is 23.7 Å². The van der Waals surface area contributed by atoms with Gasteiger partial charge in [-0.05, 0) is 48.6 Å². The molecule has 2 aromatic rings. The van der Waals surface area contributed by atoms with Crippen LogP contribution in [0.1, 0.15) is 38.8 Å². The Bertz CT molecular complexity index is 1100. The van der Waals surface area contributed by atoms with Crippen molar-refractivity contribution in [2.45, 2.75) is 46.7 Å². The minimum atomic E-state index is -3.76. The van der Waals surface area contributed by atoms with E-state index in [-0.39, 0.29) is 18.4 Å². The average molecular weight is 508 g/mol. The highest BCUT2D eigenvalue weighted by Gasteiger charge is 2.30. The van der Waals surface area contributed by atoms with Gasteiger partial charge in [-0.1, -0.05) is 62.7 Å². The highest BCUT2D eigenvalue weighted by atomic mass is 35.5. The number of aryl methyl sites for hydroxylation is 1. The summed E-state index contributed by atoms with van der Waals surface area (Å²) < 4.78 is 26.5. The lowest BCUT2D eigenvalue weighted by atomic mass is 10.1. The second-order valence-corrected chi connectivity index (χ2v) is 11.1. The van der Waals surface area contributed by atoms with Gasteiger partial charge in [0.25, 0.3) is 0 Å². The number of rotatable bonds is 11. The Kier molecular flexibility index (Phi) is 9.94. The first-order valence-electron chi connectivity index (χ1n) is 11.3. The lowest BCUT2D eigenvalue weighted by Crippen LogP contribution is -2.51. The standard InChI is InChI=1S/C25H34ClN3O4S/c1-6-21-11-7-8-13-23(21)29(34(5,32)33)17-24(30)28(16-20-10-9-12-22(26)14-20)19(4)25(31)27-15-18(2)3/h7-14,18-19H,6,15-17H2,1-5H3,(H,27,31)/t19-/m1/s1. The highest BCUT2D eigenvalue weighted by molar-refractivity contribution is 7.92. The van der Waals surface area contributed by atoms with Gasteiger partial charge < -0.3 is 10.2 Å². The quantitative estimate of drug-likeness (QED) is 0.500. The number of hydrogen-bond donors (Lipinski definition) is 1. The van der Waals surface area contributed by atoms with Gasteiger partial charge in [0.15, 0.2) is 0 Å². The zero-order valence-electron chi connectivity index (χ0n) is 20.4. The number of hydrogen-bond acceptors (Lipinski definition) is 4. The van der Waals surface area contributed by atoms with E-state index in [1.54, 1.807) is 37.3 Å². The van der Waals surface area contributed by atoms with Crippen molar-refractivity contribution >= 4 is 39.1 Å². The topological polar surface area (TPSA) is 86.8 Å². The second-order valence-electron chi connectivity index (χ2n) is 8.72. The lowest BCUT2D eigenvalue weighted by molar-refractivity contribution is -0.139. The number of nitrogens with zero attached hydrogens (tertiary/aromatic N) is 2. The number of nitrogens with one attached hydrogen (secondary N) is 1. The molecule has 34 heavy (non-hydrogen) atoms. The van der Waals surface area contributed by atoms with Crippen LogP contribution in [0.2, 0.25) is 5.02 Å². The molecule has 7 nitrogen and oxygen atoms in total. The molecule has 0 aliphatic rings. The maximum atomic E-state index is 13.6. The number of anilines is 1. The van der Waals surface area contributed by atoms with E-state index in [1.165, 1.54) is 4.90 Å². The molecule has 0 saturated carbocycles. The fraction of sp³-hybridized carbons (Fsp3) is 0.440. The Morgan fingerprint density at radius 1 is 1.06 bits per heavy atom. The molecule has 0 heterocycles. The van der Waals surface area contributed by atoms with Crippen LogP contribution in [0.15, 0.2) is 48.5 Å². The van der Waals surface area contributed by atoms with Gasteiger partial charge in [0.2, 0.25) is 21.8 Å². The van der Waals surface area contributed by atoms with Crippen LogP contribution in [0.5, 0.6) is 0 Å². The van der Waals surface area contributed by atoms with E-state index in [4.69, 9.17) is 11.6 Å². The summed E-state index contributed by atoms with van der Waals surface area (Å²) in [7, 11) is -3.76. The maximum absolute atomic E-state index is 13.6. The number of carbonyl (C=O) groups excluding carboxylic acids is 2. The SMILES string of the molecule is CCc1ccccc1N(CC(=O)N(Cc1cccc(Cl)c1)[C@H](C)C(=O)NCC(C)C)S(C)(=O)=O. The van der Waals surface area contributed by atoms with Crippen molar-refractivity contribution in [3.63, 3.8) is 0 Å². The molecule has 0 spiro atoms. The van der Waals surface area contributed by atoms with E-state index in [9.17, 15) is 18.0 Å². The van der Waals surface area contributed by atoms with Crippen LogP contribution in [0.3, 0.4) is 0 Å². The smallest absolute Gasteiger partial charge is 0.244 e. The Labute approximate surface area is 208 Å². The van der Waals surface area contributed by atoms with E-state index >= 15 is 0 Å². The van der Waals surface area contributed by atoms with Gasteiger partial charge in [-0.2, -0.15) is 0 Å². The second kappa shape index (κ2) is 12.2. The van der Waals surface area contributed by atoms with Crippen molar-refractivity contribution in [1.29, 1.82) is 0 Å². The van der Waals surface area contributed by atoms with Crippen LogP contribution in [0, 0.1) is 5.92 Å². The van der Waals surface area contributed by atoms with Gasteiger partial charge >= 0.3 is 0 Å². The molecule has 1 atom stereocenters. The Morgan fingerprint density at radius 2 is 1.74 bits per heavy atom. The largest absolute Gasteiger partial charge is 0.354 e. The van der Waals surface area contributed by atoms with E-state index in [1.807, 2.05) is 39.0 Å². The van der Waals surface area contributed by atoms with Crippen molar-refractivity contribution in [3.05, 3.63) is 64.7 Å². The molecule has 0 aromatic heterocycles. The van der Waals surface area contributed by atoms with Gasteiger partial charge in [0.05, 0.1) is 11.9 Å². The first-order valence-corrected chi connectivity index (χ1v) is 13.5. The van der Waals surface area contributed by atoms with Crippen LogP contribution in [-0.2, 0) is 32.6 Å². The number of sulfonamides is 1. The summed E-state index contributed by atoms with van der Waals surface area (Å²) in [6.07, 6.45) is 1.68. The fourth-order valence-corrected chi connectivity index (χ4v) is 4.61. The number of halogens is 1. The maximum Gasteiger partial charge on any atom is 0.244 e. The summed E-state index contributed by atoms with van der Waals surface area (Å²) in [5, 5.41) is 3.37. The monoisotopic (exact) mass is 507 g/mol. The van der Waals surface area contributed by atoms with Gasteiger partial charge in [-0.25, -0.2) is 8.42 Å². The lowest BCUT2D eigenvalue weighted by Gasteiger charge is -2.32. The molecule has 0 aliphatic heterocycles. The van der Waals surface area contributed by atoms with Gasteiger partial charge in [-0.15, -0.1) is 0 Å². The molecule has 9 heteroatoms. The van der Waals surface area contributed by atoms with Crippen molar-refractivity contribution in [1.82, 2.24) is 10.2 Å². The number of amides is 2. The molecule has 2 rings (SSSR count). The summed E-state index contributed by atoms with van der Waals surface area (Å²) >= 11 is 6.12. The zero-order chi connectivity index (χ0) is 25.5. The number of carbonyl (C=O) groups is 2. The molecule has 2 amide bonds. The third-order valence-electron chi connectivity index (χ3n) is 5.41. The molecule has 0 saturated heterocycles. The number of para-hydroxylation sites is 1. The molecular weight excluding hydrogens is 474 g/mol. The molecule has 0 fully saturated rings.